The molecule has 1 heterocycles. The maximum absolute atomic E-state index is 10.1. The maximum Gasteiger partial charge on any atom is 0.155 e. The molecule has 1 fully saturated rings. The Morgan fingerprint density at radius 1 is 1.62 bits per heavy atom. The molecule has 0 aromatic heterocycles. The predicted molar refractivity (Wildman–Crippen MR) is 46.1 cm³/mol. The summed E-state index contributed by atoms with van der Waals surface area (Å²) in [7, 11) is 0. The Bertz CT molecular complexity index is 159. The third-order valence-corrected chi connectivity index (χ3v) is 2.33. The van der Waals surface area contributed by atoms with Gasteiger partial charge in [0.05, 0.1) is 12.2 Å². The van der Waals surface area contributed by atoms with Crippen molar-refractivity contribution in [3.05, 3.63) is 0 Å². The largest absolute Gasteiger partial charge is 0.368 e. The summed E-state index contributed by atoms with van der Waals surface area (Å²) < 4.78 is 10.5. The maximum atomic E-state index is 10.1. The summed E-state index contributed by atoms with van der Waals surface area (Å²) in [6.45, 7) is 3.92. The van der Waals surface area contributed by atoms with E-state index in [1.807, 2.05) is 13.8 Å². The van der Waals surface area contributed by atoms with Gasteiger partial charge in [-0.1, -0.05) is 6.92 Å². The molecule has 0 aliphatic carbocycles. The summed E-state index contributed by atoms with van der Waals surface area (Å²) in [5.41, 5.74) is 0. The lowest BCUT2D eigenvalue weighted by Gasteiger charge is -2.36. The molecule has 1 saturated heterocycles. The molecule has 0 aromatic rings. The number of hydrogen-bond acceptors (Lipinski definition) is 4. The average molecular weight is 188 g/mol. The molecular weight excluding hydrogens is 172 g/mol. The smallest absolute Gasteiger partial charge is 0.155 e. The minimum Gasteiger partial charge on any atom is -0.368 e. The standard InChI is InChI=1S/C9H16O4/c1-6-5-8(11)13-7(2)9(6)12-4-3-10/h3,6-9,11H,4-5H2,1-2H3/t6?,7-,8+,9+/m0/s1. The Hall–Kier alpha value is -0.450. The van der Waals surface area contributed by atoms with E-state index in [-0.39, 0.29) is 24.7 Å². The van der Waals surface area contributed by atoms with Crippen LogP contribution in [0.4, 0.5) is 0 Å². The number of rotatable bonds is 3. The van der Waals surface area contributed by atoms with Gasteiger partial charge in [-0.2, -0.15) is 0 Å². The first-order valence-corrected chi connectivity index (χ1v) is 4.54. The fourth-order valence-corrected chi connectivity index (χ4v) is 1.75. The molecule has 4 atom stereocenters. The highest BCUT2D eigenvalue weighted by Gasteiger charge is 2.33. The lowest BCUT2D eigenvalue weighted by atomic mass is 9.94. The molecule has 0 aromatic carbocycles. The Labute approximate surface area is 77.8 Å². The van der Waals surface area contributed by atoms with Crippen LogP contribution in [0.3, 0.4) is 0 Å². The van der Waals surface area contributed by atoms with Crippen LogP contribution in [-0.4, -0.2) is 36.5 Å². The number of aliphatic hydroxyl groups excluding tert-OH is 1. The minimum atomic E-state index is -0.693. The third-order valence-electron chi connectivity index (χ3n) is 2.33. The van der Waals surface area contributed by atoms with E-state index in [9.17, 15) is 9.90 Å². The summed E-state index contributed by atoms with van der Waals surface area (Å²) in [6, 6.07) is 0. The van der Waals surface area contributed by atoms with E-state index in [0.717, 1.165) is 6.29 Å². The second-order valence-corrected chi connectivity index (χ2v) is 3.47. The number of hydrogen-bond donors (Lipinski definition) is 1. The Morgan fingerprint density at radius 3 is 2.85 bits per heavy atom. The molecule has 1 unspecified atom stereocenters. The van der Waals surface area contributed by atoms with Gasteiger partial charge in [0.25, 0.3) is 0 Å². The zero-order chi connectivity index (χ0) is 9.84. The minimum absolute atomic E-state index is 0.0893. The summed E-state index contributed by atoms with van der Waals surface area (Å²) >= 11 is 0. The molecule has 4 nitrogen and oxygen atoms in total. The van der Waals surface area contributed by atoms with Gasteiger partial charge in [0.15, 0.2) is 6.29 Å². The fourth-order valence-electron chi connectivity index (χ4n) is 1.75. The highest BCUT2D eigenvalue weighted by molar-refractivity contribution is 5.50. The molecule has 1 aliphatic heterocycles. The van der Waals surface area contributed by atoms with E-state index in [4.69, 9.17) is 9.47 Å². The average Bonchev–Trinajstić information content (AvgIpc) is 2.02. The van der Waals surface area contributed by atoms with E-state index >= 15 is 0 Å². The quantitative estimate of drug-likeness (QED) is 0.649. The molecule has 0 bridgehead atoms. The first-order chi connectivity index (χ1) is 6.15. The summed E-state index contributed by atoms with van der Waals surface area (Å²) in [6.07, 6.45) is 0.353. The first-order valence-electron chi connectivity index (χ1n) is 4.54. The molecule has 1 N–H and O–H groups in total. The number of aliphatic hydroxyl groups is 1. The van der Waals surface area contributed by atoms with Crippen LogP contribution in [0, 0.1) is 5.92 Å². The second-order valence-electron chi connectivity index (χ2n) is 3.47. The molecular formula is C9H16O4. The molecule has 0 saturated carbocycles. The van der Waals surface area contributed by atoms with Gasteiger partial charge in [-0.3, -0.25) is 0 Å². The van der Waals surface area contributed by atoms with Crippen molar-refractivity contribution in [1.82, 2.24) is 0 Å². The van der Waals surface area contributed by atoms with Gasteiger partial charge in [0.1, 0.15) is 12.9 Å². The van der Waals surface area contributed by atoms with Crippen LogP contribution in [-0.2, 0) is 14.3 Å². The monoisotopic (exact) mass is 188 g/mol. The zero-order valence-corrected chi connectivity index (χ0v) is 7.97. The summed E-state index contributed by atoms with van der Waals surface area (Å²) in [5, 5.41) is 9.25. The van der Waals surface area contributed by atoms with Crippen LogP contribution in [0.15, 0.2) is 0 Å². The molecule has 4 heteroatoms. The fraction of sp³-hybridized carbons (Fsp3) is 0.889. The van der Waals surface area contributed by atoms with Crippen LogP contribution in [0.2, 0.25) is 0 Å². The third kappa shape index (κ3) is 2.76. The van der Waals surface area contributed by atoms with Crippen molar-refractivity contribution in [2.45, 2.75) is 38.8 Å². The van der Waals surface area contributed by atoms with Gasteiger partial charge in [-0.15, -0.1) is 0 Å². The van der Waals surface area contributed by atoms with Crippen LogP contribution in [0.5, 0.6) is 0 Å². The van der Waals surface area contributed by atoms with Gasteiger partial charge in [0, 0.05) is 6.42 Å². The van der Waals surface area contributed by atoms with Crippen molar-refractivity contribution in [3.63, 3.8) is 0 Å². The lowest BCUT2D eigenvalue weighted by molar-refractivity contribution is -0.219. The topological polar surface area (TPSA) is 55.8 Å². The normalized spacial score (nSPS) is 40.2. The molecule has 0 radical (unpaired) electrons. The van der Waals surface area contributed by atoms with Gasteiger partial charge in [0.2, 0.25) is 0 Å². The molecule has 0 amide bonds. The molecule has 1 rings (SSSR count). The van der Waals surface area contributed by atoms with E-state index in [1.54, 1.807) is 0 Å². The number of carbonyl (C=O) groups is 1. The van der Waals surface area contributed by atoms with Crippen LogP contribution < -0.4 is 0 Å². The van der Waals surface area contributed by atoms with Crippen LogP contribution in [0.25, 0.3) is 0 Å². The van der Waals surface area contributed by atoms with Crippen molar-refractivity contribution in [3.8, 4) is 0 Å². The van der Waals surface area contributed by atoms with E-state index < -0.39 is 6.29 Å². The number of aldehydes is 1. The lowest BCUT2D eigenvalue weighted by Crippen LogP contribution is -2.44. The molecule has 13 heavy (non-hydrogen) atoms. The van der Waals surface area contributed by atoms with Crippen LogP contribution in [0.1, 0.15) is 20.3 Å². The van der Waals surface area contributed by atoms with Crippen molar-refractivity contribution in [1.29, 1.82) is 0 Å². The van der Waals surface area contributed by atoms with Crippen molar-refractivity contribution < 1.29 is 19.4 Å². The predicted octanol–water partition coefficient (Wildman–Crippen LogP) is 0.334. The van der Waals surface area contributed by atoms with Crippen molar-refractivity contribution >= 4 is 6.29 Å². The second kappa shape index (κ2) is 4.69. The van der Waals surface area contributed by atoms with Gasteiger partial charge < -0.3 is 19.4 Å². The van der Waals surface area contributed by atoms with Crippen molar-refractivity contribution in [2.75, 3.05) is 6.61 Å². The Balaban J connectivity index is 2.46. The molecule has 0 spiro atoms. The first kappa shape index (κ1) is 10.6. The van der Waals surface area contributed by atoms with E-state index in [2.05, 4.69) is 0 Å². The van der Waals surface area contributed by atoms with Gasteiger partial charge >= 0.3 is 0 Å². The van der Waals surface area contributed by atoms with Crippen molar-refractivity contribution in [2.24, 2.45) is 5.92 Å². The number of ether oxygens (including phenoxy) is 2. The molecule has 1 aliphatic rings. The summed E-state index contributed by atoms with van der Waals surface area (Å²) in [5.74, 6) is 0.221. The SMILES string of the molecule is CC1C[C@H](O)O[C@@H](C)[C@@H]1OCC=O. The van der Waals surface area contributed by atoms with Crippen LogP contribution >= 0.6 is 0 Å². The van der Waals surface area contributed by atoms with Gasteiger partial charge in [-0.05, 0) is 12.8 Å². The Kier molecular flexibility index (Phi) is 3.84. The highest BCUT2D eigenvalue weighted by atomic mass is 16.6. The van der Waals surface area contributed by atoms with E-state index in [0.29, 0.717) is 6.42 Å². The van der Waals surface area contributed by atoms with E-state index in [1.165, 1.54) is 0 Å². The highest BCUT2D eigenvalue weighted by Crippen LogP contribution is 2.25. The number of carbonyl (C=O) groups excluding carboxylic acids is 1. The molecule has 76 valence electrons. The Morgan fingerprint density at radius 2 is 2.31 bits per heavy atom. The summed E-state index contributed by atoms with van der Waals surface area (Å²) in [4.78, 5) is 10.1. The zero-order valence-electron chi connectivity index (χ0n) is 7.97. The van der Waals surface area contributed by atoms with Gasteiger partial charge in [-0.25, -0.2) is 0 Å².